The zero-order valence-corrected chi connectivity index (χ0v) is 19.7. The van der Waals surface area contributed by atoms with Crippen LogP contribution in [-0.2, 0) is 9.47 Å². The van der Waals surface area contributed by atoms with E-state index in [0.29, 0.717) is 62.6 Å². The molecule has 5 rings (SSSR count). The van der Waals surface area contributed by atoms with Crippen molar-refractivity contribution < 1.29 is 9.47 Å². The zero-order valence-electron chi connectivity index (χ0n) is 19.0. The molecule has 0 bridgehead atoms. The highest BCUT2D eigenvalue weighted by molar-refractivity contribution is 6.30. The van der Waals surface area contributed by atoms with Crippen molar-refractivity contribution in [2.24, 2.45) is 0 Å². The van der Waals surface area contributed by atoms with E-state index in [4.69, 9.17) is 26.1 Å². The van der Waals surface area contributed by atoms with E-state index >= 15 is 0 Å². The van der Waals surface area contributed by atoms with Crippen molar-refractivity contribution in [3.05, 3.63) is 81.2 Å². The number of hydrogen-bond acceptors (Lipinski definition) is 7. The minimum atomic E-state index is -0.236. The molecule has 0 N–H and O–H groups in total. The molecular formula is C25H28ClN5O3. The molecule has 1 unspecified atom stereocenters. The van der Waals surface area contributed by atoms with Crippen LogP contribution in [0, 0.1) is 0 Å². The summed E-state index contributed by atoms with van der Waals surface area (Å²) in [4.78, 5) is 22.6. The second-order valence-electron chi connectivity index (χ2n) is 8.46. The molecule has 0 aliphatic carbocycles. The van der Waals surface area contributed by atoms with Gasteiger partial charge in [0.1, 0.15) is 5.69 Å². The summed E-state index contributed by atoms with van der Waals surface area (Å²) < 4.78 is 11.0. The van der Waals surface area contributed by atoms with Crippen molar-refractivity contribution >= 4 is 11.6 Å². The Balaban J connectivity index is 1.63. The maximum Gasteiger partial charge on any atom is 0.308 e. The molecule has 3 aromatic rings. The molecule has 2 aliphatic heterocycles. The van der Waals surface area contributed by atoms with Crippen LogP contribution in [0.15, 0.2) is 59.4 Å². The van der Waals surface area contributed by atoms with Gasteiger partial charge in [-0.1, -0.05) is 54.1 Å². The molecule has 8 nitrogen and oxygen atoms in total. The number of benzene rings is 2. The summed E-state index contributed by atoms with van der Waals surface area (Å²) in [6, 6.07) is 17.5. The number of rotatable bonds is 6. The molecule has 178 valence electrons. The number of ether oxygens (including phenoxy) is 2. The summed E-state index contributed by atoms with van der Waals surface area (Å²) in [5.74, 6) is 0.295. The smallest absolute Gasteiger partial charge is 0.308 e. The fourth-order valence-electron chi connectivity index (χ4n) is 4.38. The minimum absolute atomic E-state index is 0.199. The van der Waals surface area contributed by atoms with Gasteiger partial charge in [-0.3, -0.25) is 14.7 Å². The van der Waals surface area contributed by atoms with Crippen LogP contribution in [0.4, 0.5) is 0 Å². The first-order chi connectivity index (χ1) is 16.7. The average Bonchev–Trinajstić information content (AvgIpc) is 2.90. The fraction of sp³-hybridized carbons (Fsp3) is 0.400. The summed E-state index contributed by atoms with van der Waals surface area (Å²) >= 11 is 6.18. The van der Waals surface area contributed by atoms with Gasteiger partial charge < -0.3 is 9.47 Å². The molecule has 1 aromatic heterocycles. The lowest BCUT2D eigenvalue weighted by molar-refractivity contribution is 0.0363. The number of morpholine rings is 2. The van der Waals surface area contributed by atoms with Crippen LogP contribution in [0.25, 0.3) is 11.4 Å². The van der Waals surface area contributed by atoms with Gasteiger partial charge in [0.25, 0.3) is 0 Å². The van der Waals surface area contributed by atoms with Gasteiger partial charge in [0.05, 0.1) is 39.5 Å². The Morgan fingerprint density at radius 3 is 2.21 bits per heavy atom. The first kappa shape index (κ1) is 23.0. The van der Waals surface area contributed by atoms with Crippen LogP contribution >= 0.6 is 11.6 Å². The molecule has 2 fully saturated rings. The van der Waals surface area contributed by atoms with E-state index in [1.165, 1.54) is 4.79 Å². The van der Waals surface area contributed by atoms with E-state index < -0.39 is 0 Å². The van der Waals surface area contributed by atoms with Gasteiger partial charge in [0.15, 0.2) is 5.82 Å². The van der Waals surface area contributed by atoms with Crippen LogP contribution in [0.2, 0.25) is 5.02 Å². The Bertz CT molecular complexity index is 1140. The quantitative estimate of drug-likeness (QED) is 0.535. The van der Waals surface area contributed by atoms with Gasteiger partial charge in [-0.05, 0) is 17.7 Å². The van der Waals surface area contributed by atoms with Crippen molar-refractivity contribution in [3.8, 4) is 11.4 Å². The lowest BCUT2D eigenvalue weighted by Crippen LogP contribution is -2.51. The van der Waals surface area contributed by atoms with Crippen molar-refractivity contribution in [2.75, 3.05) is 64.2 Å². The van der Waals surface area contributed by atoms with Crippen molar-refractivity contribution in [1.29, 1.82) is 0 Å². The molecule has 1 atom stereocenters. The summed E-state index contributed by atoms with van der Waals surface area (Å²) in [5, 5.41) is 7.27. The molecule has 9 heteroatoms. The molecular weight excluding hydrogens is 454 g/mol. The van der Waals surface area contributed by atoms with Crippen LogP contribution in [0.1, 0.15) is 17.2 Å². The maximum atomic E-state index is 13.9. The summed E-state index contributed by atoms with van der Waals surface area (Å²) in [5.41, 5.74) is 2.15. The van der Waals surface area contributed by atoms with Gasteiger partial charge in [0, 0.05) is 36.1 Å². The average molecular weight is 482 g/mol. The van der Waals surface area contributed by atoms with Gasteiger partial charge in [-0.25, -0.2) is 4.98 Å². The first-order valence-electron chi connectivity index (χ1n) is 11.6. The van der Waals surface area contributed by atoms with Crippen molar-refractivity contribution in [2.45, 2.75) is 5.92 Å². The standard InChI is InChI=1S/C25H28ClN5O3/c26-21-8-6-19(7-9-21)22(18-29-10-14-33-15-11-29)23-25(32)31(30-12-16-34-17-13-30)28-24(27-23)20-4-2-1-3-5-20/h1-9,22H,10-18H2. The first-order valence-corrected chi connectivity index (χ1v) is 12.0. The normalized spacial score (nSPS) is 18.1. The van der Waals surface area contributed by atoms with Gasteiger partial charge >= 0.3 is 5.56 Å². The Labute approximate surface area is 203 Å². The van der Waals surface area contributed by atoms with Crippen LogP contribution in [0.5, 0.6) is 0 Å². The lowest BCUT2D eigenvalue weighted by Gasteiger charge is -2.32. The van der Waals surface area contributed by atoms with Crippen LogP contribution in [-0.4, -0.2) is 78.9 Å². The summed E-state index contributed by atoms with van der Waals surface area (Å²) in [6.07, 6.45) is 0. The number of aromatic nitrogens is 3. The Hall–Kier alpha value is -2.78. The largest absolute Gasteiger partial charge is 0.379 e. The van der Waals surface area contributed by atoms with Crippen molar-refractivity contribution in [3.63, 3.8) is 0 Å². The van der Waals surface area contributed by atoms with E-state index in [9.17, 15) is 4.79 Å². The lowest BCUT2D eigenvalue weighted by atomic mass is 9.94. The molecule has 2 saturated heterocycles. The predicted molar refractivity (Wildman–Crippen MR) is 131 cm³/mol. The minimum Gasteiger partial charge on any atom is -0.379 e. The molecule has 0 amide bonds. The summed E-state index contributed by atoms with van der Waals surface area (Å²) in [7, 11) is 0. The molecule has 2 aromatic carbocycles. The maximum absolute atomic E-state index is 13.9. The van der Waals surface area contributed by atoms with E-state index in [1.54, 1.807) is 0 Å². The zero-order chi connectivity index (χ0) is 23.3. The Morgan fingerprint density at radius 2 is 1.53 bits per heavy atom. The predicted octanol–water partition coefficient (Wildman–Crippen LogP) is 2.39. The molecule has 34 heavy (non-hydrogen) atoms. The SMILES string of the molecule is O=c1c(C(CN2CCOCC2)c2ccc(Cl)cc2)nc(-c2ccccc2)nn1N1CCOCC1. The van der Waals surface area contributed by atoms with E-state index in [2.05, 4.69) is 10.00 Å². The number of hydrogen-bond donors (Lipinski definition) is 0. The van der Waals surface area contributed by atoms with Crippen LogP contribution in [0.3, 0.4) is 0 Å². The van der Waals surface area contributed by atoms with Gasteiger partial charge in [-0.15, -0.1) is 9.89 Å². The highest BCUT2D eigenvalue weighted by atomic mass is 35.5. The highest BCUT2D eigenvalue weighted by Crippen LogP contribution is 2.26. The second-order valence-corrected chi connectivity index (χ2v) is 8.90. The van der Waals surface area contributed by atoms with Gasteiger partial charge in [0.2, 0.25) is 0 Å². The third-order valence-electron chi connectivity index (χ3n) is 6.25. The third kappa shape index (κ3) is 5.15. The summed E-state index contributed by atoms with van der Waals surface area (Å²) in [6.45, 7) is 5.97. The topological polar surface area (TPSA) is 72.7 Å². The molecule has 2 aliphatic rings. The van der Waals surface area contributed by atoms with Crippen molar-refractivity contribution in [1.82, 2.24) is 19.8 Å². The molecule has 0 radical (unpaired) electrons. The number of halogens is 1. The monoisotopic (exact) mass is 481 g/mol. The highest BCUT2D eigenvalue weighted by Gasteiger charge is 2.27. The Morgan fingerprint density at radius 1 is 0.882 bits per heavy atom. The molecule has 3 heterocycles. The molecule has 0 saturated carbocycles. The second kappa shape index (κ2) is 10.7. The van der Waals surface area contributed by atoms with E-state index in [0.717, 1.165) is 24.2 Å². The van der Waals surface area contributed by atoms with Crippen LogP contribution < -0.4 is 10.6 Å². The number of nitrogens with zero attached hydrogens (tertiary/aromatic N) is 5. The van der Waals surface area contributed by atoms with E-state index in [-0.39, 0.29) is 11.5 Å². The third-order valence-corrected chi connectivity index (χ3v) is 6.50. The molecule has 0 spiro atoms. The van der Waals surface area contributed by atoms with E-state index in [1.807, 2.05) is 59.6 Å². The Kier molecular flexibility index (Phi) is 7.20. The van der Waals surface area contributed by atoms with Gasteiger partial charge in [-0.2, -0.15) is 0 Å². The fourth-order valence-corrected chi connectivity index (χ4v) is 4.51.